The average Bonchev–Trinajstić information content (AvgIpc) is 2.20. The van der Waals surface area contributed by atoms with Crippen LogP contribution in [0.1, 0.15) is 0 Å². The average molecular weight is 212 g/mol. The summed E-state index contributed by atoms with van der Waals surface area (Å²) in [5.41, 5.74) is 0. The second kappa shape index (κ2) is 6.32. The quantitative estimate of drug-likeness (QED) is 0.436. The fourth-order valence-corrected chi connectivity index (χ4v) is 1.07. The van der Waals surface area contributed by atoms with Gasteiger partial charge in [0, 0.05) is 5.75 Å². The van der Waals surface area contributed by atoms with Crippen molar-refractivity contribution < 1.29 is 14.3 Å². The predicted molar refractivity (Wildman–Crippen MR) is 56.8 cm³/mol. The van der Waals surface area contributed by atoms with Crippen LogP contribution in [0.5, 0.6) is 5.75 Å². The van der Waals surface area contributed by atoms with Gasteiger partial charge >= 0.3 is 6.16 Å². The molecule has 0 fully saturated rings. The van der Waals surface area contributed by atoms with Gasteiger partial charge in [-0.25, -0.2) is 4.79 Å². The topological polar surface area (TPSA) is 35.5 Å². The van der Waals surface area contributed by atoms with Crippen LogP contribution in [0.4, 0.5) is 4.79 Å². The standard InChI is InChI=1S/C10H12O3S/c1-14-8-7-12-10(11)13-9-5-3-2-4-6-9/h2-6H,7-8H2,1H3. The van der Waals surface area contributed by atoms with Crippen molar-refractivity contribution in [3.8, 4) is 5.75 Å². The molecule has 0 saturated heterocycles. The Labute approximate surface area is 87.4 Å². The number of thioether (sulfide) groups is 1. The van der Waals surface area contributed by atoms with E-state index in [0.29, 0.717) is 12.4 Å². The molecule has 0 saturated carbocycles. The first-order valence-electron chi connectivity index (χ1n) is 4.21. The molecular weight excluding hydrogens is 200 g/mol. The highest BCUT2D eigenvalue weighted by atomic mass is 32.2. The molecule has 0 unspecified atom stereocenters. The Kier molecular flexibility index (Phi) is 4.93. The van der Waals surface area contributed by atoms with Gasteiger partial charge in [0.25, 0.3) is 0 Å². The maximum atomic E-state index is 11.0. The smallest absolute Gasteiger partial charge is 0.433 e. The molecule has 0 spiro atoms. The lowest BCUT2D eigenvalue weighted by molar-refractivity contribution is 0.105. The van der Waals surface area contributed by atoms with E-state index in [1.54, 1.807) is 36.0 Å². The van der Waals surface area contributed by atoms with Crippen LogP contribution < -0.4 is 4.74 Å². The van der Waals surface area contributed by atoms with Gasteiger partial charge in [-0.2, -0.15) is 11.8 Å². The van der Waals surface area contributed by atoms with Gasteiger partial charge in [0.05, 0.1) is 0 Å². The Morgan fingerprint density at radius 2 is 2.07 bits per heavy atom. The molecule has 0 radical (unpaired) electrons. The lowest BCUT2D eigenvalue weighted by Crippen LogP contribution is -2.12. The Morgan fingerprint density at radius 3 is 2.71 bits per heavy atom. The molecule has 14 heavy (non-hydrogen) atoms. The molecular formula is C10H12O3S. The molecule has 0 bridgehead atoms. The van der Waals surface area contributed by atoms with Crippen LogP contribution in [0.25, 0.3) is 0 Å². The lowest BCUT2D eigenvalue weighted by Gasteiger charge is -2.04. The van der Waals surface area contributed by atoms with E-state index < -0.39 is 6.16 Å². The largest absolute Gasteiger partial charge is 0.513 e. The van der Waals surface area contributed by atoms with E-state index in [2.05, 4.69) is 0 Å². The molecule has 1 rings (SSSR count). The summed E-state index contributed by atoms with van der Waals surface area (Å²) < 4.78 is 9.69. The second-order valence-electron chi connectivity index (χ2n) is 2.51. The minimum Gasteiger partial charge on any atom is -0.433 e. The van der Waals surface area contributed by atoms with Crippen molar-refractivity contribution >= 4 is 17.9 Å². The van der Waals surface area contributed by atoms with Crippen LogP contribution in [-0.4, -0.2) is 24.8 Å². The van der Waals surface area contributed by atoms with E-state index in [-0.39, 0.29) is 0 Å². The first-order valence-corrected chi connectivity index (χ1v) is 5.61. The zero-order valence-electron chi connectivity index (χ0n) is 7.93. The van der Waals surface area contributed by atoms with Crippen molar-refractivity contribution in [3.05, 3.63) is 30.3 Å². The monoisotopic (exact) mass is 212 g/mol. The van der Waals surface area contributed by atoms with E-state index in [1.165, 1.54) is 0 Å². The Balaban J connectivity index is 2.27. The number of hydrogen-bond acceptors (Lipinski definition) is 4. The number of benzene rings is 1. The number of carbonyl (C=O) groups is 1. The molecule has 0 aliphatic heterocycles. The van der Waals surface area contributed by atoms with Crippen LogP contribution in [0.15, 0.2) is 30.3 Å². The van der Waals surface area contributed by atoms with Crippen molar-refractivity contribution in [2.75, 3.05) is 18.6 Å². The van der Waals surface area contributed by atoms with E-state index in [1.807, 2.05) is 12.3 Å². The summed E-state index contributed by atoms with van der Waals surface area (Å²) in [6.45, 7) is 0.382. The molecule has 0 atom stereocenters. The van der Waals surface area contributed by atoms with Crippen molar-refractivity contribution in [2.24, 2.45) is 0 Å². The fourth-order valence-electron chi connectivity index (χ4n) is 0.823. The van der Waals surface area contributed by atoms with Crippen molar-refractivity contribution in [2.45, 2.75) is 0 Å². The summed E-state index contributed by atoms with van der Waals surface area (Å²) in [5.74, 6) is 1.28. The van der Waals surface area contributed by atoms with Gasteiger partial charge in [-0.15, -0.1) is 0 Å². The normalized spacial score (nSPS) is 9.50. The molecule has 0 aliphatic rings. The maximum Gasteiger partial charge on any atom is 0.513 e. The molecule has 0 aliphatic carbocycles. The predicted octanol–water partition coefficient (Wildman–Crippen LogP) is 2.57. The van der Waals surface area contributed by atoms with Crippen LogP contribution in [0.3, 0.4) is 0 Å². The SMILES string of the molecule is CSCCOC(=O)Oc1ccccc1. The van der Waals surface area contributed by atoms with Gasteiger partial charge in [-0.1, -0.05) is 18.2 Å². The highest BCUT2D eigenvalue weighted by Crippen LogP contribution is 2.09. The Bertz CT molecular complexity index is 274. The Hall–Kier alpha value is -1.16. The third-order valence-electron chi connectivity index (χ3n) is 1.45. The van der Waals surface area contributed by atoms with Gasteiger partial charge in [-0.3, -0.25) is 0 Å². The lowest BCUT2D eigenvalue weighted by atomic mass is 10.3. The molecule has 0 heterocycles. The second-order valence-corrected chi connectivity index (χ2v) is 3.49. The van der Waals surface area contributed by atoms with Crippen LogP contribution in [-0.2, 0) is 4.74 Å². The molecule has 0 aromatic heterocycles. The number of hydrogen-bond donors (Lipinski definition) is 0. The zero-order chi connectivity index (χ0) is 10.2. The molecule has 0 amide bonds. The highest BCUT2D eigenvalue weighted by molar-refractivity contribution is 7.98. The number of ether oxygens (including phenoxy) is 2. The van der Waals surface area contributed by atoms with Gasteiger partial charge in [-0.05, 0) is 18.4 Å². The summed E-state index contributed by atoms with van der Waals surface area (Å²) >= 11 is 1.62. The van der Waals surface area contributed by atoms with Crippen molar-refractivity contribution in [1.82, 2.24) is 0 Å². The Morgan fingerprint density at radius 1 is 1.36 bits per heavy atom. The van der Waals surface area contributed by atoms with Crippen molar-refractivity contribution in [3.63, 3.8) is 0 Å². The molecule has 4 heteroatoms. The van der Waals surface area contributed by atoms with E-state index in [0.717, 1.165) is 5.75 Å². The van der Waals surface area contributed by atoms with E-state index >= 15 is 0 Å². The fraction of sp³-hybridized carbons (Fsp3) is 0.300. The minimum absolute atomic E-state index is 0.382. The third-order valence-corrected chi connectivity index (χ3v) is 2.03. The van der Waals surface area contributed by atoms with E-state index in [4.69, 9.17) is 9.47 Å². The van der Waals surface area contributed by atoms with Gasteiger partial charge in [0.15, 0.2) is 0 Å². The molecule has 1 aromatic carbocycles. The van der Waals surface area contributed by atoms with Crippen molar-refractivity contribution in [1.29, 1.82) is 0 Å². The molecule has 3 nitrogen and oxygen atoms in total. The first-order chi connectivity index (χ1) is 6.83. The highest BCUT2D eigenvalue weighted by Gasteiger charge is 2.03. The summed E-state index contributed by atoms with van der Waals surface area (Å²) in [4.78, 5) is 11.0. The van der Waals surface area contributed by atoms with Gasteiger partial charge in [0.2, 0.25) is 0 Å². The van der Waals surface area contributed by atoms with Gasteiger partial charge in [0.1, 0.15) is 12.4 Å². The maximum absolute atomic E-state index is 11.0. The van der Waals surface area contributed by atoms with E-state index in [9.17, 15) is 4.79 Å². The summed E-state index contributed by atoms with van der Waals surface area (Å²) in [6, 6.07) is 8.85. The summed E-state index contributed by atoms with van der Waals surface area (Å²) in [6.07, 6.45) is 1.30. The number of para-hydroxylation sites is 1. The molecule has 1 aromatic rings. The first kappa shape index (κ1) is 10.9. The summed E-state index contributed by atoms with van der Waals surface area (Å²) in [7, 11) is 0. The number of carbonyl (C=O) groups excluding carboxylic acids is 1. The number of rotatable bonds is 4. The third kappa shape index (κ3) is 4.18. The van der Waals surface area contributed by atoms with Crippen LogP contribution in [0, 0.1) is 0 Å². The zero-order valence-corrected chi connectivity index (χ0v) is 8.75. The van der Waals surface area contributed by atoms with Crippen LogP contribution in [0.2, 0.25) is 0 Å². The molecule has 0 N–H and O–H groups in total. The van der Waals surface area contributed by atoms with Gasteiger partial charge < -0.3 is 9.47 Å². The van der Waals surface area contributed by atoms with Crippen LogP contribution >= 0.6 is 11.8 Å². The molecule has 76 valence electrons. The minimum atomic E-state index is -0.648. The summed E-state index contributed by atoms with van der Waals surface area (Å²) in [5, 5.41) is 0.